The lowest BCUT2D eigenvalue weighted by Gasteiger charge is -2.15. The van der Waals surface area contributed by atoms with Crippen LogP contribution >= 0.6 is 0 Å². The fraction of sp³-hybridized carbons (Fsp3) is 0.167. The van der Waals surface area contributed by atoms with Crippen molar-refractivity contribution in [2.45, 2.75) is 6.04 Å². The zero-order chi connectivity index (χ0) is 13.5. The van der Waals surface area contributed by atoms with Gasteiger partial charge in [0.05, 0.1) is 0 Å². The van der Waals surface area contributed by atoms with Crippen LogP contribution in [0.4, 0.5) is 9.18 Å². The summed E-state index contributed by atoms with van der Waals surface area (Å²) in [5.74, 6) is -2.09. The highest BCUT2D eigenvalue weighted by molar-refractivity contribution is 5.81. The van der Waals surface area contributed by atoms with Crippen molar-refractivity contribution in [3.63, 3.8) is 0 Å². The molecular formula is C12H12FNO4. The molecule has 1 aromatic carbocycles. The predicted molar refractivity (Wildman–Crippen MR) is 61.5 cm³/mol. The van der Waals surface area contributed by atoms with E-state index >= 15 is 0 Å². The number of carbonyl (C=O) groups excluding carboxylic acids is 1. The van der Waals surface area contributed by atoms with Crippen molar-refractivity contribution < 1.29 is 23.8 Å². The first-order valence-corrected chi connectivity index (χ1v) is 5.07. The molecule has 1 aromatic rings. The second kappa shape index (κ2) is 6.39. The molecule has 2 N–H and O–H groups in total. The van der Waals surface area contributed by atoms with E-state index in [9.17, 15) is 14.0 Å². The van der Waals surface area contributed by atoms with Crippen molar-refractivity contribution in [3.05, 3.63) is 48.3 Å². The maximum atomic E-state index is 13.4. The molecule has 0 saturated heterocycles. The zero-order valence-electron chi connectivity index (χ0n) is 9.43. The summed E-state index contributed by atoms with van der Waals surface area (Å²) in [6.45, 7) is 3.28. The Morgan fingerprint density at radius 2 is 2.17 bits per heavy atom. The Bertz CT molecular complexity index is 461. The summed E-state index contributed by atoms with van der Waals surface area (Å²) in [6, 6.07) is 3.80. The van der Waals surface area contributed by atoms with Gasteiger partial charge in [-0.25, -0.2) is 14.0 Å². The molecule has 0 radical (unpaired) electrons. The molecule has 5 nitrogen and oxygen atoms in total. The second-order valence-electron chi connectivity index (χ2n) is 3.32. The molecule has 0 heterocycles. The van der Waals surface area contributed by atoms with E-state index in [1.807, 2.05) is 0 Å². The average Bonchev–Trinajstić information content (AvgIpc) is 2.34. The van der Waals surface area contributed by atoms with Crippen LogP contribution in [0.2, 0.25) is 0 Å². The van der Waals surface area contributed by atoms with E-state index in [1.165, 1.54) is 24.3 Å². The Kier molecular flexibility index (Phi) is 4.86. The quantitative estimate of drug-likeness (QED) is 0.785. The molecule has 96 valence electrons. The number of benzene rings is 1. The molecule has 1 atom stereocenters. The van der Waals surface area contributed by atoms with Gasteiger partial charge in [0.2, 0.25) is 0 Å². The van der Waals surface area contributed by atoms with Crippen LogP contribution in [0.3, 0.4) is 0 Å². The minimum absolute atomic E-state index is 0.0601. The maximum Gasteiger partial charge on any atom is 0.408 e. The molecule has 0 unspecified atom stereocenters. The number of rotatable bonds is 5. The second-order valence-corrected chi connectivity index (χ2v) is 3.32. The van der Waals surface area contributed by atoms with Gasteiger partial charge in [-0.15, -0.1) is 0 Å². The third-order valence-electron chi connectivity index (χ3n) is 2.06. The lowest BCUT2D eigenvalue weighted by atomic mass is 10.1. The highest BCUT2D eigenvalue weighted by atomic mass is 19.1. The van der Waals surface area contributed by atoms with Gasteiger partial charge in [0.1, 0.15) is 12.4 Å². The predicted octanol–water partition coefficient (Wildman–Crippen LogP) is 1.86. The van der Waals surface area contributed by atoms with E-state index in [0.29, 0.717) is 0 Å². The highest BCUT2D eigenvalue weighted by Crippen LogP contribution is 2.17. The van der Waals surface area contributed by atoms with Crippen molar-refractivity contribution in [1.82, 2.24) is 5.32 Å². The molecule has 0 fully saturated rings. The lowest BCUT2D eigenvalue weighted by Crippen LogP contribution is -2.34. The van der Waals surface area contributed by atoms with Crippen molar-refractivity contribution in [3.8, 4) is 0 Å². The molecule has 0 bridgehead atoms. The van der Waals surface area contributed by atoms with Gasteiger partial charge in [-0.05, 0) is 6.07 Å². The van der Waals surface area contributed by atoms with Crippen molar-refractivity contribution in [2.24, 2.45) is 0 Å². The molecule has 0 saturated carbocycles. The van der Waals surface area contributed by atoms with Crippen molar-refractivity contribution >= 4 is 12.1 Å². The minimum Gasteiger partial charge on any atom is -0.479 e. The Hall–Kier alpha value is -2.37. The van der Waals surface area contributed by atoms with E-state index < -0.39 is 23.9 Å². The first kappa shape index (κ1) is 13.7. The summed E-state index contributed by atoms with van der Waals surface area (Å²) >= 11 is 0. The van der Waals surface area contributed by atoms with Gasteiger partial charge in [0.15, 0.2) is 6.04 Å². The van der Waals surface area contributed by atoms with Crippen molar-refractivity contribution in [1.29, 1.82) is 0 Å². The number of carbonyl (C=O) groups is 2. The molecule has 18 heavy (non-hydrogen) atoms. The fourth-order valence-corrected chi connectivity index (χ4v) is 1.28. The number of nitrogens with one attached hydrogen (secondary N) is 1. The normalized spacial score (nSPS) is 11.4. The van der Waals surface area contributed by atoms with Gasteiger partial charge in [-0.1, -0.05) is 30.9 Å². The van der Waals surface area contributed by atoms with Crippen molar-refractivity contribution in [2.75, 3.05) is 6.61 Å². The van der Waals surface area contributed by atoms with Gasteiger partial charge in [0, 0.05) is 5.56 Å². The van der Waals surface area contributed by atoms with Gasteiger partial charge in [0.25, 0.3) is 0 Å². The molecule has 0 aliphatic heterocycles. The topological polar surface area (TPSA) is 75.6 Å². The standard InChI is InChI=1S/C12H12FNO4/c1-2-7-18-12(17)14-10(11(15)16)8-5-3-4-6-9(8)13/h2-6,10H,1,7H2,(H,14,17)(H,15,16)/t10-/m0/s1. The third kappa shape index (κ3) is 3.58. The molecule has 0 spiro atoms. The SMILES string of the molecule is C=CCOC(=O)N[C@H](C(=O)O)c1ccccc1F. The number of ether oxygens (including phenoxy) is 1. The summed E-state index contributed by atoms with van der Waals surface area (Å²) in [4.78, 5) is 22.2. The number of hydrogen-bond acceptors (Lipinski definition) is 3. The molecule has 0 aliphatic carbocycles. The number of alkyl carbamates (subject to hydrolysis) is 1. The van der Waals surface area contributed by atoms with E-state index in [1.54, 1.807) is 0 Å². The number of hydrogen-bond donors (Lipinski definition) is 2. The molecule has 0 aromatic heterocycles. The van der Waals surface area contributed by atoms with Crippen LogP contribution in [0.15, 0.2) is 36.9 Å². The molecule has 1 amide bonds. The molecular weight excluding hydrogens is 241 g/mol. The smallest absolute Gasteiger partial charge is 0.408 e. The van der Waals surface area contributed by atoms with Gasteiger partial charge < -0.3 is 15.2 Å². The van der Waals surface area contributed by atoms with Crippen LogP contribution in [0.5, 0.6) is 0 Å². The van der Waals surface area contributed by atoms with Gasteiger partial charge in [-0.3, -0.25) is 0 Å². The van der Waals surface area contributed by atoms with Crippen LogP contribution in [-0.2, 0) is 9.53 Å². The van der Waals surface area contributed by atoms with Crippen LogP contribution in [-0.4, -0.2) is 23.8 Å². The Balaban J connectivity index is 2.84. The molecule has 6 heteroatoms. The number of carboxylic acid groups (broad SMARTS) is 1. The lowest BCUT2D eigenvalue weighted by molar-refractivity contribution is -0.139. The largest absolute Gasteiger partial charge is 0.479 e. The van der Waals surface area contributed by atoms with E-state index in [-0.39, 0.29) is 12.2 Å². The number of halogens is 1. The third-order valence-corrected chi connectivity index (χ3v) is 2.06. The summed E-state index contributed by atoms with van der Waals surface area (Å²) in [7, 11) is 0. The van der Waals surface area contributed by atoms with Crippen LogP contribution in [0.1, 0.15) is 11.6 Å². The molecule has 0 aliphatic rings. The van der Waals surface area contributed by atoms with Crippen LogP contribution in [0, 0.1) is 5.82 Å². The van der Waals surface area contributed by atoms with Gasteiger partial charge in [-0.2, -0.15) is 0 Å². The Morgan fingerprint density at radius 1 is 1.50 bits per heavy atom. The highest BCUT2D eigenvalue weighted by Gasteiger charge is 2.25. The van der Waals surface area contributed by atoms with E-state index in [0.717, 1.165) is 6.07 Å². The first-order valence-electron chi connectivity index (χ1n) is 5.07. The average molecular weight is 253 g/mol. The summed E-state index contributed by atoms with van der Waals surface area (Å²) in [5, 5.41) is 11.0. The summed E-state index contributed by atoms with van der Waals surface area (Å²) in [6.07, 6.45) is 0.379. The van der Waals surface area contributed by atoms with Crippen LogP contribution < -0.4 is 5.32 Å². The summed E-state index contributed by atoms with van der Waals surface area (Å²) in [5.41, 5.74) is -0.138. The van der Waals surface area contributed by atoms with E-state index in [4.69, 9.17) is 5.11 Å². The summed E-state index contributed by atoms with van der Waals surface area (Å²) < 4.78 is 18.0. The first-order chi connectivity index (χ1) is 8.56. The maximum absolute atomic E-state index is 13.4. The Labute approximate surface area is 103 Å². The minimum atomic E-state index is -1.50. The van der Waals surface area contributed by atoms with Gasteiger partial charge >= 0.3 is 12.1 Å². The number of carboxylic acids is 1. The zero-order valence-corrected chi connectivity index (χ0v) is 9.43. The Morgan fingerprint density at radius 3 is 2.72 bits per heavy atom. The molecule has 1 rings (SSSR count). The van der Waals surface area contributed by atoms with Crippen LogP contribution in [0.25, 0.3) is 0 Å². The monoisotopic (exact) mass is 253 g/mol. The van der Waals surface area contributed by atoms with E-state index in [2.05, 4.69) is 16.6 Å². The number of amides is 1. The number of aliphatic carboxylic acids is 1. The fourth-order valence-electron chi connectivity index (χ4n) is 1.28.